The van der Waals surface area contributed by atoms with Gasteiger partial charge in [-0.05, 0) is 37.8 Å². The Labute approximate surface area is 279 Å². The summed E-state index contributed by atoms with van der Waals surface area (Å²) in [4.78, 5) is 4.99. The molecule has 0 aliphatic rings. The zero-order chi connectivity index (χ0) is 31.4. The highest BCUT2D eigenvalue weighted by molar-refractivity contribution is 5.11. The Morgan fingerprint density at radius 1 is 0.295 bits per heavy atom. The highest BCUT2D eigenvalue weighted by atomic mass is 14.7. The molecule has 1 nitrogen and oxygen atoms in total. The summed E-state index contributed by atoms with van der Waals surface area (Å²) < 4.78 is 0. The normalized spacial score (nSPS) is 11.5. The van der Waals surface area contributed by atoms with Gasteiger partial charge in [0.1, 0.15) is 0 Å². The molecule has 0 saturated carbocycles. The van der Waals surface area contributed by atoms with Crippen molar-refractivity contribution in [3.63, 3.8) is 0 Å². The number of hydrogen-bond acceptors (Lipinski definition) is 1. The molecule has 0 unspecified atom stereocenters. The molecule has 0 fully saturated rings. The molecule has 0 aliphatic carbocycles. The van der Waals surface area contributed by atoms with Crippen LogP contribution in [-0.4, -0.2) is 4.98 Å². The van der Waals surface area contributed by atoms with Crippen LogP contribution >= 0.6 is 0 Å². The Hall–Kier alpha value is -0.850. The van der Waals surface area contributed by atoms with Crippen molar-refractivity contribution in [2.45, 2.75) is 245 Å². The van der Waals surface area contributed by atoms with E-state index >= 15 is 0 Å². The van der Waals surface area contributed by atoms with Gasteiger partial charge in [0.25, 0.3) is 0 Å². The molecule has 0 saturated heterocycles. The Kier molecular flexibility index (Phi) is 32.8. The number of hydrogen-bond donors (Lipinski definition) is 0. The van der Waals surface area contributed by atoms with Crippen molar-refractivity contribution in [3.05, 3.63) is 29.6 Å². The van der Waals surface area contributed by atoms with Crippen molar-refractivity contribution in [1.29, 1.82) is 0 Å². The molecule has 1 rings (SSSR count). The van der Waals surface area contributed by atoms with Crippen LogP contribution in [-0.2, 0) is 12.8 Å². The molecular weight excluding hydrogens is 530 g/mol. The van der Waals surface area contributed by atoms with E-state index in [0.717, 1.165) is 0 Å². The van der Waals surface area contributed by atoms with Crippen LogP contribution in [0, 0.1) is 0 Å². The van der Waals surface area contributed by atoms with Crippen molar-refractivity contribution in [2.75, 3.05) is 0 Å². The molecule has 0 amide bonds. The van der Waals surface area contributed by atoms with E-state index in [1.165, 1.54) is 243 Å². The molecule has 258 valence electrons. The first-order valence-electron chi connectivity index (χ1n) is 20.8. The molecule has 0 bridgehead atoms. The van der Waals surface area contributed by atoms with E-state index in [1.54, 1.807) is 0 Å². The summed E-state index contributed by atoms with van der Waals surface area (Å²) >= 11 is 0. The lowest BCUT2D eigenvalue weighted by Crippen LogP contribution is -1.96. The monoisotopic (exact) mass is 612 g/mol. The van der Waals surface area contributed by atoms with Crippen molar-refractivity contribution in [3.8, 4) is 0 Å². The highest BCUT2D eigenvalue weighted by Gasteiger charge is 2.01. The van der Waals surface area contributed by atoms with Crippen LogP contribution in [0.2, 0.25) is 0 Å². The Balaban J connectivity index is 1.83. The minimum atomic E-state index is 1.17. The van der Waals surface area contributed by atoms with E-state index in [0.29, 0.717) is 0 Å². The second-order valence-electron chi connectivity index (χ2n) is 14.4. The third-order valence-electron chi connectivity index (χ3n) is 9.94. The lowest BCUT2D eigenvalue weighted by Gasteiger charge is -2.06. The van der Waals surface area contributed by atoms with Crippen molar-refractivity contribution < 1.29 is 0 Å². The van der Waals surface area contributed by atoms with Gasteiger partial charge in [-0.25, -0.2) is 0 Å². The van der Waals surface area contributed by atoms with Gasteiger partial charge in [0.15, 0.2) is 0 Å². The molecule has 1 aromatic rings. The second-order valence-corrected chi connectivity index (χ2v) is 14.4. The van der Waals surface area contributed by atoms with Gasteiger partial charge in [-0.2, -0.15) is 0 Å². The van der Waals surface area contributed by atoms with Gasteiger partial charge < -0.3 is 0 Å². The lowest BCUT2D eigenvalue weighted by molar-refractivity contribution is 0.526. The largest absolute Gasteiger partial charge is 0.258 e. The average Bonchev–Trinajstić information content (AvgIpc) is 3.04. The number of pyridine rings is 1. The quantitative estimate of drug-likeness (QED) is 0.0688. The Bertz CT molecular complexity index is 613. The minimum absolute atomic E-state index is 1.17. The number of aromatic nitrogens is 1. The van der Waals surface area contributed by atoms with Crippen LogP contribution in [0.4, 0.5) is 0 Å². The molecule has 1 heteroatoms. The zero-order valence-corrected chi connectivity index (χ0v) is 30.6. The maximum absolute atomic E-state index is 4.99. The molecule has 0 atom stereocenters. The predicted octanol–water partition coefficient (Wildman–Crippen LogP) is 15.5. The van der Waals surface area contributed by atoms with Crippen LogP contribution in [0.15, 0.2) is 18.2 Å². The summed E-state index contributed by atoms with van der Waals surface area (Å²) in [6, 6.07) is 6.76. The lowest BCUT2D eigenvalue weighted by atomic mass is 10.0. The molecular formula is C43H81N. The molecule has 0 radical (unpaired) electrons. The van der Waals surface area contributed by atoms with E-state index in [1.807, 2.05) is 0 Å². The molecule has 0 spiro atoms. The van der Waals surface area contributed by atoms with E-state index < -0.39 is 0 Å². The summed E-state index contributed by atoms with van der Waals surface area (Å²) in [7, 11) is 0. The molecule has 0 aliphatic heterocycles. The SMILES string of the molecule is CCCCCCCCCCCCCCCCCCCc1cccc(CCCCCCCCCCCCCCCCCCC)n1. The third-order valence-corrected chi connectivity index (χ3v) is 9.94. The first kappa shape index (κ1) is 41.2. The fourth-order valence-electron chi connectivity index (χ4n) is 6.87. The van der Waals surface area contributed by atoms with Gasteiger partial charge in [0.2, 0.25) is 0 Å². The number of rotatable bonds is 36. The Morgan fingerprint density at radius 3 is 0.727 bits per heavy atom. The number of unbranched alkanes of at least 4 members (excludes halogenated alkanes) is 32. The summed E-state index contributed by atoms with van der Waals surface area (Å²) in [6.45, 7) is 4.61. The topological polar surface area (TPSA) is 12.9 Å². The first-order chi connectivity index (χ1) is 21.9. The van der Waals surface area contributed by atoms with Crippen molar-refractivity contribution in [2.24, 2.45) is 0 Å². The van der Waals surface area contributed by atoms with Gasteiger partial charge in [0, 0.05) is 11.4 Å². The molecule has 1 heterocycles. The standard InChI is InChI=1S/C43H81N/c1-3-5-7-9-11-13-15-17-19-21-23-25-27-29-31-33-35-38-42-40-37-41-43(44-42)39-36-34-32-30-28-26-24-22-20-18-16-14-12-10-8-6-4-2/h37,40-41H,3-36,38-39H2,1-2H3. The van der Waals surface area contributed by atoms with Crippen LogP contribution in [0.1, 0.15) is 244 Å². The van der Waals surface area contributed by atoms with E-state index in [9.17, 15) is 0 Å². The van der Waals surface area contributed by atoms with Crippen LogP contribution in [0.3, 0.4) is 0 Å². The van der Waals surface area contributed by atoms with Crippen molar-refractivity contribution in [1.82, 2.24) is 4.98 Å². The predicted molar refractivity (Wildman–Crippen MR) is 200 cm³/mol. The van der Waals surface area contributed by atoms with E-state index in [4.69, 9.17) is 4.98 Å². The van der Waals surface area contributed by atoms with Gasteiger partial charge >= 0.3 is 0 Å². The average molecular weight is 612 g/mol. The summed E-state index contributed by atoms with van der Waals surface area (Å²) in [6.07, 6.45) is 51.3. The third kappa shape index (κ3) is 29.8. The van der Waals surface area contributed by atoms with Gasteiger partial charge in [-0.1, -0.05) is 225 Å². The fraction of sp³-hybridized carbons (Fsp3) is 0.884. The first-order valence-corrected chi connectivity index (χ1v) is 20.8. The molecule has 1 aromatic heterocycles. The zero-order valence-electron chi connectivity index (χ0n) is 30.6. The van der Waals surface area contributed by atoms with Gasteiger partial charge in [-0.15, -0.1) is 0 Å². The summed E-state index contributed by atoms with van der Waals surface area (Å²) in [5, 5.41) is 0. The smallest absolute Gasteiger partial charge is 0.0406 e. The second kappa shape index (κ2) is 35.0. The Morgan fingerprint density at radius 2 is 0.500 bits per heavy atom. The van der Waals surface area contributed by atoms with E-state index in [2.05, 4.69) is 32.0 Å². The number of aryl methyl sites for hydroxylation is 2. The van der Waals surface area contributed by atoms with Crippen molar-refractivity contribution >= 4 is 0 Å². The summed E-state index contributed by atoms with van der Waals surface area (Å²) in [5.74, 6) is 0. The molecule has 0 aromatic carbocycles. The maximum atomic E-state index is 4.99. The van der Waals surface area contributed by atoms with E-state index in [-0.39, 0.29) is 0 Å². The van der Waals surface area contributed by atoms with Crippen LogP contribution in [0.5, 0.6) is 0 Å². The number of nitrogens with zero attached hydrogens (tertiary/aromatic N) is 1. The van der Waals surface area contributed by atoms with Gasteiger partial charge in [-0.3, -0.25) is 4.98 Å². The highest BCUT2D eigenvalue weighted by Crippen LogP contribution is 2.17. The molecule has 0 N–H and O–H groups in total. The van der Waals surface area contributed by atoms with Gasteiger partial charge in [0.05, 0.1) is 0 Å². The minimum Gasteiger partial charge on any atom is -0.258 e. The molecule has 44 heavy (non-hydrogen) atoms. The van der Waals surface area contributed by atoms with Crippen LogP contribution in [0.25, 0.3) is 0 Å². The maximum Gasteiger partial charge on any atom is 0.0406 e. The summed E-state index contributed by atoms with van der Waals surface area (Å²) in [5.41, 5.74) is 2.66. The van der Waals surface area contributed by atoms with Crippen LogP contribution < -0.4 is 0 Å². The fourth-order valence-corrected chi connectivity index (χ4v) is 6.87.